The van der Waals surface area contributed by atoms with Gasteiger partial charge in [-0.2, -0.15) is 0 Å². The zero-order valence-corrected chi connectivity index (χ0v) is 14.0. The molecule has 2 rings (SSSR count). The summed E-state index contributed by atoms with van der Waals surface area (Å²) in [7, 11) is 0. The van der Waals surface area contributed by atoms with E-state index < -0.39 is 0 Å². The van der Waals surface area contributed by atoms with Crippen molar-refractivity contribution in [3.63, 3.8) is 0 Å². The van der Waals surface area contributed by atoms with Gasteiger partial charge in [0.1, 0.15) is 18.0 Å². The van der Waals surface area contributed by atoms with Crippen LogP contribution in [0.5, 0.6) is 5.75 Å². The van der Waals surface area contributed by atoms with Crippen LogP contribution in [0, 0.1) is 0 Å². The first-order valence-corrected chi connectivity index (χ1v) is 8.08. The third kappa shape index (κ3) is 3.41. The van der Waals surface area contributed by atoms with Crippen molar-refractivity contribution in [3.8, 4) is 5.75 Å². The van der Waals surface area contributed by atoms with Crippen LogP contribution >= 0.6 is 43.5 Å². The van der Waals surface area contributed by atoms with Gasteiger partial charge in [0.15, 0.2) is 0 Å². The second kappa shape index (κ2) is 6.60. The quantitative estimate of drug-likeness (QED) is 0.663. The highest BCUT2D eigenvalue weighted by molar-refractivity contribution is 9.10. The van der Waals surface area contributed by atoms with Crippen molar-refractivity contribution >= 4 is 43.5 Å². The first kappa shape index (κ1) is 14.6. The highest BCUT2D eigenvalue weighted by Crippen LogP contribution is 2.37. The van der Waals surface area contributed by atoms with Crippen molar-refractivity contribution in [2.45, 2.75) is 36.8 Å². The second-order valence-corrected chi connectivity index (χ2v) is 6.79. The molecule has 0 spiro atoms. The van der Waals surface area contributed by atoms with E-state index in [1.807, 2.05) is 18.2 Å². The van der Waals surface area contributed by atoms with E-state index in [0.29, 0.717) is 9.85 Å². The lowest BCUT2D eigenvalue weighted by Gasteiger charge is -2.41. The summed E-state index contributed by atoms with van der Waals surface area (Å²) in [6.07, 6.45) is 2.22. The van der Waals surface area contributed by atoms with E-state index in [-0.39, 0.29) is 12.2 Å². The molecule has 5 heteroatoms. The molecule has 3 atom stereocenters. The number of hydrogen-bond acceptors (Lipinski definition) is 2. The number of hydrogen-bond donors (Lipinski definition) is 0. The number of alkyl halides is 1. The van der Waals surface area contributed by atoms with E-state index >= 15 is 0 Å². The van der Waals surface area contributed by atoms with E-state index in [9.17, 15) is 0 Å². The minimum atomic E-state index is 0.110. The predicted octanol–water partition coefficient (Wildman–Crippen LogP) is 4.81. The van der Waals surface area contributed by atoms with E-state index in [0.717, 1.165) is 29.7 Å². The van der Waals surface area contributed by atoms with Crippen LogP contribution in [0.15, 0.2) is 22.7 Å². The molecule has 0 saturated heterocycles. The maximum atomic E-state index is 5.96. The Bertz CT molecular complexity index is 414. The Morgan fingerprint density at radius 3 is 2.83 bits per heavy atom. The molecular weight excluding hydrogens is 383 g/mol. The maximum absolute atomic E-state index is 5.96. The van der Waals surface area contributed by atoms with E-state index in [1.54, 1.807) is 0 Å². The molecule has 1 saturated carbocycles. The molecule has 3 unspecified atom stereocenters. The normalized spacial score (nSPS) is 26.8. The van der Waals surface area contributed by atoms with Crippen LogP contribution in [0.2, 0.25) is 5.02 Å². The van der Waals surface area contributed by atoms with Crippen molar-refractivity contribution < 1.29 is 9.47 Å². The lowest BCUT2D eigenvalue weighted by molar-refractivity contribution is -0.0764. The molecule has 0 bridgehead atoms. The number of rotatable bonds is 5. The topological polar surface area (TPSA) is 18.5 Å². The fourth-order valence-corrected chi connectivity index (χ4v) is 3.48. The molecule has 0 amide bonds. The highest BCUT2D eigenvalue weighted by atomic mass is 79.9. The van der Waals surface area contributed by atoms with Crippen LogP contribution < -0.4 is 4.74 Å². The van der Waals surface area contributed by atoms with Crippen LogP contribution in [0.25, 0.3) is 0 Å². The molecule has 1 aliphatic rings. The van der Waals surface area contributed by atoms with Gasteiger partial charge in [0.05, 0.1) is 4.47 Å². The monoisotopic (exact) mass is 396 g/mol. The van der Waals surface area contributed by atoms with Gasteiger partial charge in [0, 0.05) is 22.9 Å². The Kier molecular flexibility index (Phi) is 5.36. The fourth-order valence-electron chi connectivity index (χ4n) is 1.84. The first-order chi connectivity index (χ1) is 8.61. The summed E-state index contributed by atoms with van der Waals surface area (Å²) in [6.45, 7) is 2.88. The summed E-state index contributed by atoms with van der Waals surface area (Å²) >= 11 is 13.0. The van der Waals surface area contributed by atoms with Crippen molar-refractivity contribution in [2.24, 2.45) is 0 Å². The Morgan fingerprint density at radius 1 is 1.44 bits per heavy atom. The molecule has 0 aromatic heterocycles. The number of halogens is 3. The van der Waals surface area contributed by atoms with Gasteiger partial charge in [0.25, 0.3) is 0 Å². The molecule has 1 aromatic carbocycles. The smallest absolute Gasteiger partial charge is 0.134 e. The van der Waals surface area contributed by atoms with Crippen LogP contribution in [-0.2, 0) is 4.74 Å². The van der Waals surface area contributed by atoms with E-state index in [4.69, 9.17) is 21.1 Å². The second-order valence-electron chi connectivity index (χ2n) is 4.32. The standard InChI is InChI=1S/C13H15Br2ClO2/c1-2-5-17-13-10(15)7-12(13)18-11-4-3-8(16)6-9(11)14/h3-4,6,10,12-13H,2,5,7H2,1H3. The predicted molar refractivity (Wildman–Crippen MR) is 80.9 cm³/mol. The van der Waals surface area contributed by atoms with Gasteiger partial charge in [-0.1, -0.05) is 34.5 Å². The Balaban J connectivity index is 1.96. The van der Waals surface area contributed by atoms with Crippen molar-refractivity contribution in [1.29, 1.82) is 0 Å². The lowest BCUT2D eigenvalue weighted by Crippen LogP contribution is -2.52. The summed E-state index contributed by atoms with van der Waals surface area (Å²) in [5, 5.41) is 0.694. The molecule has 18 heavy (non-hydrogen) atoms. The molecule has 0 aliphatic heterocycles. The molecular formula is C13H15Br2ClO2. The van der Waals surface area contributed by atoms with Crippen molar-refractivity contribution in [2.75, 3.05) is 6.61 Å². The SMILES string of the molecule is CCCOC1C(Br)CC1Oc1ccc(Cl)cc1Br. The van der Waals surface area contributed by atoms with Gasteiger partial charge in [-0.3, -0.25) is 0 Å². The van der Waals surface area contributed by atoms with E-state index in [1.165, 1.54) is 0 Å². The minimum absolute atomic E-state index is 0.110. The summed E-state index contributed by atoms with van der Waals surface area (Å²) in [6, 6.07) is 5.54. The van der Waals surface area contributed by atoms with Crippen LogP contribution in [0.1, 0.15) is 19.8 Å². The molecule has 0 N–H and O–H groups in total. The van der Waals surface area contributed by atoms with Gasteiger partial charge in [-0.05, 0) is 40.5 Å². The molecule has 2 nitrogen and oxygen atoms in total. The third-order valence-electron chi connectivity index (χ3n) is 2.87. The Hall–Kier alpha value is 0.230. The average molecular weight is 399 g/mol. The summed E-state index contributed by atoms with van der Waals surface area (Å²) in [5.41, 5.74) is 0. The van der Waals surface area contributed by atoms with Gasteiger partial charge >= 0.3 is 0 Å². The van der Waals surface area contributed by atoms with Crippen molar-refractivity contribution in [1.82, 2.24) is 0 Å². The summed E-state index contributed by atoms with van der Waals surface area (Å²) < 4.78 is 12.6. The maximum Gasteiger partial charge on any atom is 0.134 e. The van der Waals surface area contributed by atoms with Gasteiger partial charge in [-0.15, -0.1) is 0 Å². The molecule has 1 fully saturated rings. The van der Waals surface area contributed by atoms with Crippen molar-refractivity contribution in [3.05, 3.63) is 27.7 Å². The van der Waals surface area contributed by atoms with Gasteiger partial charge in [0.2, 0.25) is 0 Å². The lowest BCUT2D eigenvalue weighted by atomic mass is 9.91. The number of ether oxygens (including phenoxy) is 2. The van der Waals surface area contributed by atoms with Gasteiger partial charge in [-0.25, -0.2) is 0 Å². The third-order valence-corrected chi connectivity index (χ3v) is 4.62. The molecule has 0 heterocycles. The zero-order valence-electron chi connectivity index (χ0n) is 10.0. The summed E-state index contributed by atoms with van der Waals surface area (Å²) in [5.74, 6) is 0.814. The molecule has 1 aliphatic carbocycles. The molecule has 1 aromatic rings. The van der Waals surface area contributed by atoms with Crippen LogP contribution in [0.3, 0.4) is 0 Å². The zero-order chi connectivity index (χ0) is 13.1. The average Bonchev–Trinajstić information content (AvgIpc) is 2.32. The highest BCUT2D eigenvalue weighted by Gasteiger charge is 2.42. The molecule has 0 radical (unpaired) electrons. The van der Waals surface area contributed by atoms with Gasteiger partial charge < -0.3 is 9.47 Å². The fraction of sp³-hybridized carbons (Fsp3) is 0.538. The first-order valence-electron chi connectivity index (χ1n) is 5.99. The minimum Gasteiger partial charge on any atom is -0.486 e. The summed E-state index contributed by atoms with van der Waals surface area (Å²) in [4.78, 5) is 0.389. The largest absolute Gasteiger partial charge is 0.486 e. The Morgan fingerprint density at radius 2 is 2.22 bits per heavy atom. The van der Waals surface area contributed by atoms with E-state index in [2.05, 4.69) is 38.8 Å². The number of benzene rings is 1. The Labute approximate surface area is 129 Å². The van der Waals surface area contributed by atoms with Crippen LogP contribution in [-0.4, -0.2) is 23.6 Å². The van der Waals surface area contributed by atoms with Crippen LogP contribution in [0.4, 0.5) is 0 Å². The molecule has 100 valence electrons.